The second-order valence-electron chi connectivity index (χ2n) is 6.05. The molecule has 0 bridgehead atoms. The van der Waals surface area contributed by atoms with Gasteiger partial charge in [0.25, 0.3) is 0 Å². The maximum Gasteiger partial charge on any atom is 0.0771 e. The maximum absolute atomic E-state index is 10.1. The molecule has 17 heavy (non-hydrogen) atoms. The topological polar surface area (TPSA) is 41.5 Å². The molecule has 0 amide bonds. The van der Waals surface area contributed by atoms with E-state index in [0.717, 1.165) is 38.8 Å². The zero-order valence-electron chi connectivity index (χ0n) is 11.5. The first-order chi connectivity index (χ1) is 8.04. The molecule has 0 aliphatic heterocycles. The lowest BCUT2D eigenvalue weighted by atomic mass is 9.61. The summed E-state index contributed by atoms with van der Waals surface area (Å²) in [7, 11) is 0. The van der Waals surface area contributed by atoms with Gasteiger partial charge in [-0.05, 0) is 39.0 Å². The van der Waals surface area contributed by atoms with E-state index in [2.05, 4.69) is 26.1 Å². The van der Waals surface area contributed by atoms with Crippen LogP contribution in [0.15, 0.2) is 0 Å². The standard InChI is InChI=1S/C14H27NO2/c1-4-13(3)11(9-12(13)17-5-2)15-10-14(16)7-6-8-14/h11-12,15-16H,4-10H2,1-3H3. The highest BCUT2D eigenvalue weighted by Crippen LogP contribution is 2.46. The summed E-state index contributed by atoms with van der Waals surface area (Å²) in [5.74, 6) is 0. The van der Waals surface area contributed by atoms with E-state index in [1.807, 2.05) is 0 Å². The van der Waals surface area contributed by atoms with Gasteiger partial charge in [-0.1, -0.05) is 13.8 Å². The summed E-state index contributed by atoms with van der Waals surface area (Å²) in [4.78, 5) is 0. The monoisotopic (exact) mass is 241 g/mol. The molecule has 100 valence electrons. The first kappa shape index (κ1) is 13.3. The van der Waals surface area contributed by atoms with Gasteiger partial charge in [-0.15, -0.1) is 0 Å². The fraction of sp³-hybridized carbons (Fsp3) is 1.00. The predicted molar refractivity (Wildman–Crippen MR) is 69.0 cm³/mol. The third-order valence-electron chi connectivity index (χ3n) is 5.07. The van der Waals surface area contributed by atoms with Crippen LogP contribution in [0, 0.1) is 5.41 Å². The van der Waals surface area contributed by atoms with E-state index in [1.165, 1.54) is 6.42 Å². The van der Waals surface area contributed by atoms with Crippen LogP contribution < -0.4 is 5.32 Å². The van der Waals surface area contributed by atoms with Crippen LogP contribution in [0.1, 0.15) is 52.9 Å². The van der Waals surface area contributed by atoms with Crippen LogP contribution in [-0.2, 0) is 4.74 Å². The molecular weight excluding hydrogens is 214 g/mol. The van der Waals surface area contributed by atoms with Gasteiger partial charge in [-0.2, -0.15) is 0 Å². The van der Waals surface area contributed by atoms with E-state index in [-0.39, 0.29) is 5.41 Å². The Morgan fingerprint density at radius 1 is 1.35 bits per heavy atom. The highest BCUT2D eigenvalue weighted by atomic mass is 16.5. The minimum atomic E-state index is -0.411. The highest BCUT2D eigenvalue weighted by molar-refractivity contribution is 5.06. The maximum atomic E-state index is 10.1. The van der Waals surface area contributed by atoms with Crippen molar-refractivity contribution in [3.8, 4) is 0 Å². The van der Waals surface area contributed by atoms with Gasteiger partial charge in [-0.25, -0.2) is 0 Å². The van der Waals surface area contributed by atoms with Crippen molar-refractivity contribution >= 4 is 0 Å². The number of aliphatic hydroxyl groups is 1. The van der Waals surface area contributed by atoms with Crippen LogP contribution in [0.25, 0.3) is 0 Å². The Hall–Kier alpha value is -0.120. The summed E-state index contributed by atoms with van der Waals surface area (Å²) in [6.07, 6.45) is 5.72. The zero-order chi connectivity index (χ0) is 12.5. The Morgan fingerprint density at radius 3 is 2.53 bits per heavy atom. The van der Waals surface area contributed by atoms with E-state index >= 15 is 0 Å². The smallest absolute Gasteiger partial charge is 0.0771 e. The fourth-order valence-electron chi connectivity index (χ4n) is 3.14. The fourth-order valence-corrected chi connectivity index (χ4v) is 3.14. The molecule has 0 heterocycles. The molecule has 0 radical (unpaired) electrons. The highest BCUT2D eigenvalue weighted by Gasteiger charge is 2.51. The summed E-state index contributed by atoms with van der Waals surface area (Å²) < 4.78 is 5.78. The van der Waals surface area contributed by atoms with Crippen molar-refractivity contribution in [3.63, 3.8) is 0 Å². The molecule has 3 atom stereocenters. The lowest BCUT2D eigenvalue weighted by molar-refractivity contribution is -0.132. The number of ether oxygens (including phenoxy) is 1. The second kappa shape index (κ2) is 4.87. The van der Waals surface area contributed by atoms with Crippen molar-refractivity contribution in [3.05, 3.63) is 0 Å². The molecule has 3 unspecified atom stereocenters. The lowest BCUT2D eigenvalue weighted by Gasteiger charge is -2.54. The Balaban J connectivity index is 1.82. The molecule has 2 rings (SSSR count). The van der Waals surface area contributed by atoms with E-state index in [9.17, 15) is 5.11 Å². The van der Waals surface area contributed by atoms with Gasteiger partial charge in [0.2, 0.25) is 0 Å². The average molecular weight is 241 g/mol. The Morgan fingerprint density at radius 2 is 2.06 bits per heavy atom. The van der Waals surface area contributed by atoms with Crippen molar-refractivity contribution < 1.29 is 9.84 Å². The van der Waals surface area contributed by atoms with Crippen LogP contribution in [0.3, 0.4) is 0 Å². The Labute approximate surface area is 105 Å². The minimum absolute atomic E-state index is 0.246. The number of nitrogens with one attached hydrogen (secondary N) is 1. The first-order valence-electron chi connectivity index (χ1n) is 7.11. The quantitative estimate of drug-likeness (QED) is 0.748. The molecule has 2 aliphatic rings. The minimum Gasteiger partial charge on any atom is -0.389 e. The average Bonchev–Trinajstić information content (AvgIpc) is 2.29. The molecule has 0 aromatic rings. The number of rotatable bonds is 6. The van der Waals surface area contributed by atoms with E-state index < -0.39 is 5.60 Å². The summed E-state index contributed by atoms with van der Waals surface area (Å²) >= 11 is 0. The molecule has 3 nitrogen and oxygen atoms in total. The van der Waals surface area contributed by atoms with Crippen LogP contribution >= 0.6 is 0 Å². The molecule has 2 saturated carbocycles. The molecule has 0 spiro atoms. The van der Waals surface area contributed by atoms with Crippen LogP contribution in [-0.4, -0.2) is 36.0 Å². The van der Waals surface area contributed by atoms with Gasteiger partial charge in [0, 0.05) is 24.6 Å². The van der Waals surface area contributed by atoms with Gasteiger partial charge in [0.1, 0.15) is 0 Å². The summed E-state index contributed by atoms with van der Waals surface area (Å²) in [6.45, 7) is 8.16. The van der Waals surface area contributed by atoms with Gasteiger partial charge in [0.15, 0.2) is 0 Å². The third-order valence-corrected chi connectivity index (χ3v) is 5.07. The summed E-state index contributed by atoms with van der Waals surface area (Å²) in [5.41, 5.74) is -0.165. The van der Waals surface area contributed by atoms with Gasteiger partial charge < -0.3 is 15.2 Å². The SMILES string of the molecule is CCOC1CC(NCC2(O)CCC2)C1(C)CC. The molecule has 0 aromatic carbocycles. The van der Waals surface area contributed by atoms with E-state index in [4.69, 9.17) is 4.74 Å². The normalized spacial score (nSPS) is 39.5. The Bertz CT molecular complexity index is 265. The van der Waals surface area contributed by atoms with Gasteiger partial charge in [0.05, 0.1) is 11.7 Å². The largest absolute Gasteiger partial charge is 0.389 e. The van der Waals surface area contributed by atoms with Crippen molar-refractivity contribution in [2.24, 2.45) is 5.41 Å². The van der Waals surface area contributed by atoms with Crippen LogP contribution in [0.5, 0.6) is 0 Å². The van der Waals surface area contributed by atoms with Crippen molar-refractivity contribution in [1.29, 1.82) is 0 Å². The van der Waals surface area contributed by atoms with Crippen molar-refractivity contribution in [1.82, 2.24) is 5.32 Å². The first-order valence-corrected chi connectivity index (χ1v) is 7.11. The van der Waals surface area contributed by atoms with Crippen molar-refractivity contribution in [2.45, 2.75) is 70.6 Å². The summed E-state index contributed by atoms with van der Waals surface area (Å²) in [6, 6.07) is 0.508. The van der Waals surface area contributed by atoms with Crippen molar-refractivity contribution in [2.75, 3.05) is 13.2 Å². The molecule has 2 N–H and O–H groups in total. The van der Waals surface area contributed by atoms with Gasteiger partial charge >= 0.3 is 0 Å². The predicted octanol–water partition coefficient (Wildman–Crippen LogP) is 2.08. The second-order valence-corrected chi connectivity index (χ2v) is 6.05. The molecular formula is C14H27NO2. The van der Waals surface area contributed by atoms with E-state index in [0.29, 0.717) is 12.1 Å². The lowest BCUT2D eigenvalue weighted by Crippen LogP contribution is -2.64. The molecule has 3 heteroatoms. The number of hydrogen-bond acceptors (Lipinski definition) is 3. The molecule has 0 aromatic heterocycles. The third kappa shape index (κ3) is 2.38. The molecule has 2 fully saturated rings. The molecule has 2 aliphatic carbocycles. The van der Waals surface area contributed by atoms with Gasteiger partial charge in [-0.3, -0.25) is 0 Å². The Kier molecular flexibility index (Phi) is 3.81. The zero-order valence-corrected chi connectivity index (χ0v) is 11.5. The number of hydrogen-bond donors (Lipinski definition) is 2. The van der Waals surface area contributed by atoms with Crippen LogP contribution in [0.4, 0.5) is 0 Å². The molecule has 0 saturated heterocycles. The van der Waals surface area contributed by atoms with E-state index in [1.54, 1.807) is 0 Å². The van der Waals surface area contributed by atoms with Crippen LogP contribution in [0.2, 0.25) is 0 Å². The summed E-state index contributed by atoms with van der Waals surface area (Å²) in [5, 5.41) is 13.7.